The Balaban J connectivity index is 1.16. The van der Waals surface area contributed by atoms with E-state index in [0.717, 1.165) is 0 Å². The average Bonchev–Trinajstić information content (AvgIpc) is 4.08. The smallest absolute Gasteiger partial charge is 0.0455 e. The number of fused-ring (bicyclic) bond motifs is 6. The maximum absolute atomic E-state index is 2.57. The third-order valence-electron chi connectivity index (χ3n) is 12.1. The Morgan fingerprint density at radius 2 is 0.569 bits per heavy atom. The normalized spacial score (nSPS) is 12.2. The molecule has 6 aromatic heterocycles. The fraction of sp³-hybridized carbons (Fsp3) is 0.462. The molecule has 0 spiro atoms. The Hall–Kier alpha value is -2.32. The molecule has 0 amide bonds. The van der Waals surface area contributed by atoms with Gasteiger partial charge in [-0.15, -0.1) is 68.0 Å². The lowest BCUT2D eigenvalue weighted by Gasteiger charge is -2.13. The van der Waals surface area contributed by atoms with Crippen molar-refractivity contribution in [3.8, 4) is 29.3 Å². The van der Waals surface area contributed by atoms with Gasteiger partial charge in [0.05, 0.1) is 0 Å². The van der Waals surface area contributed by atoms with Gasteiger partial charge in [-0.1, -0.05) is 80.1 Å². The van der Waals surface area contributed by atoms with Gasteiger partial charge in [-0.3, -0.25) is 0 Å². The Morgan fingerprint density at radius 3 is 0.897 bits per heavy atom. The number of hydrogen-bond acceptors (Lipinski definition) is 6. The molecule has 0 nitrogen and oxygen atoms in total. The fourth-order valence-electron chi connectivity index (χ4n) is 8.78. The van der Waals surface area contributed by atoms with Gasteiger partial charge in [-0.2, -0.15) is 0 Å². The summed E-state index contributed by atoms with van der Waals surface area (Å²) in [5, 5.41) is 6.06. The molecule has 0 saturated carbocycles. The first kappa shape index (κ1) is 42.4. The molecule has 8 rings (SSSR count). The molecule has 306 valence electrons. The Morgan fingerprint density at radius 1 is 0.293 bits per heavy atom. The molecule has 6 heteroatoms. The standard InChI is InChI=1S/C52H62S6/c1-7-13-19-33-29-39-41-31-47(57-51(41)37(23-17-11-5)35(21-15-9-3)49(39)53-33)45-27-25-43(55-45)44-26-28-46(56-44)48-32-42-40-30-34(20-14-8-2)54-50(40)36(22-16-10-4)38(24-18-12-6)52(42)58-48/h25-32H,7-24H2,1-6H3. The molecule has 58 heavy (non-hydrogen) atoms. The monoisotopic (exact) mass is 878 g/mol. The molecule has 0 radical (unpaired) electrons. The Kier molecular flexibility index (Phi) is 14.3. The lowest BCUT2D eigenvalue weighted by Crippen LogP contribution is -1.96. The highest BCUT2D eigenvalue weighted by molar-refractivity contribution is 7.31. The SMILES string of the molecule is CCCCc1cc2c(s1)c(CCCC)c(CCCC)c1sc(-c3ccc(-c4ccc(-c5cc6c(s5)c(CCCC)c(CCCC)c5sc(CCCC)cc56)s4)s3)cc12. The van der Waals surface area contributed by atoms with Crippen LogP contribution < -0.4 is 0 Å². The highest BCUT2D eigenvalue weighted by atomic mass is 32.1. The molecule has 0 bridgehead atoms. The van der Waals surface area contributed by atoms with E-state index in [-0.39, 0.29) is 0 Å². The number of hydrogen-bond donors (Lipinski definition) is 0. The lowest BCUT2D eigenvalue weighted by atomic mass is 9.94. The number of benzene rings is 2. The predicted octanol–water partition coefficient (Wildman–Crippen LogP) is 19.7. The lowest BCUT2D eigenvalue weighted by molar-refractivity contribution is 0.766. The second kappa shape index (κ2) is 19.6. The molecule has 0 saturated heterocycles. The van der Waals surface area contributed by atoms with Gasteiger partial charge in [-0.25, -0.2) is 0 Å². The van der Waals surface area contributed by atoms with Crippen molar-refractivity contribution in [1.29, 1.82) is 0 Å². The van der Waals surface area contributed by atoms with E-state index in [0.29, 0.717) is 0 Å². The van der Waals surface area contributed by atoms with Crippen LogP contribution in [0.25, 0.3) is 69.6 Å². The van der Waals surface area contributed by atoms with E-state index >= 15 is 0 Å². The summed E-state index contributed by atoms with van der Waals surface area (Å²) < 4.78 is 6.31. The minimum Gasteiger partial charge on any atom is -0.140 e. The Bertz CT molecular complexity index is 2430. The van der Waals surface area contributed by atoms with E-state index in [4.69, 9.17) is 0 Å². The van der Waals surface area contributed by atoms with Crippen molar-refractivity contribution in [3.63, 3.8) is 0 Å². The highest BCUT2D eigenvalue weighted by Crippen LogP contribution is 2.50. The van der Waals surface area contributed by atoms with Crippen molar-refractivity contribution in [3.05, 3.63) is 80.5 Å². The summed E-state index contributed by atoms with van der Waals surface area (Å²) in [6.07, 6.45) is 22.4. The molecule has 0 fully saturated rings. The summed E-state index contributed by atoms with van der Waals surface area (Å²) in [5.74, 6) is 0. The zero-order chi connectivity index (χ0) is 40.2. The summed E-state index contributed by atoms with van der Waals surface area (Å²) in [6, 6.07) is 19.9. The largest absolute Gasteiger partial charge is 0.140 e. The maximum Gasteiger partial charge on any atom is 0.0455 e. The molecule has 0 N–H and O–H groups in total. The maximum atomic E-state index is 2.57. The molecule has 0 aliphatic heterocycles. The van der Waals surface area contributed by atoms with Gasteiger partial charge in [0.25, 0.3) is 0 Å². The molecule has 0 aliphatic rings. The average molecular weight is 879 g/mol. The third kappa shape index (κ3) is 8.59. The molecule has 0 atom stereocenters. The van der Waals surface area contributed by atoms with Crippen LogP contribution in [-0.2, 0) is 38.5 Å². The topological polar surface area (TPSA) is 0 Å². The number of unbranched alkanes of at least 4 members (excludes halogenated alkanes) is 6. The van der Waals surface area contributed by atoms with Crippen LogP contribution >= 0.6 is 68.0 Å². The van der Waals surface area contributed by atoms with Crippen molar-refractivity contribution in [1.82, 2.24) is 0 Å². The fourth-order valence-corrected chi connectivity index (χ4v) is 16.2. The van der Waals surface area contributed by atoms with Crippen LogP contribution in [0.2, 0.25) is 0 Å². The molecule has 8 aromatic rings. The number of thiophene rings is 6. The van der Waals surface area contributed by atoms with Crippen LogP contribution in [0, 0.1) is 0 Å². The minimum absolute atomic E-state index is 1.20. The van der Waals surface area contributed by atoms with Crippen LogP contribution in [-0.4, -0.2) is 0 Å². The summed E-state index contributed by atoms with van der Waals surface area (Å²) >= 11 is 12.3. The molecule has 6 heterocycles. The second-order valence-corrected chi connectivity index (χ2v) is 23.0. The van der Waals surface area contributed by atoms with E-state index in [9.17, 15) is 0 Å². The molecule has 0 unspecified atom stereocenters. The summed E-state index contributed by atoms with van der Waals surface area (Å²) in [6.45, 7) is 14.0. The van der Waals surface area contributed by atoms with E-state index in [1.165, 1.54) is 166 Å². The highest BCUT2D eigenvalue weighted by Gasteiger charge is 2.23. The van der Waals surface area contributed by atoms with Crippen molar-refractivity contribution >= 4 is 108 Å². The zero-order valence-corrected chi connectivity index (χ0v) is 40.7. The zero-order valence-electron chi connectivity index (χ0n) is 35.8. The molecular formula is C52H62S6. The van der Waals surface area contributed by atoms with Crippen LogP contribution in [0.4, 0.5) is 0 Å². The third-order valence-corrected chi connectivity index (χ3v) is 19.7. The number of rotatable bonds is 21. The molecule has 2 aromatic carbocycles. The van der Waals surface area contributed by atoms with Gasteiger partial charge in [-0.05, 0) is 148 Å². The van der Waals surface area contributed by atoms with Gasteiger partial charge in [0.1, 0.15) is 0 Å². The van der Waals surface area contributed by atoms with Crippen LogP contribution in [0.3, 0.4) is 0 Å². The van der Waals surface area contributed by atoms with Gasteiger partial charge in [0.2, 0.25) is 0 Å². The first-order chi connectivity index (χ1) is 28.5. The van der Waals surface area contributed by atoms with Crippen LogP contribution in [0.15, 0.2) is 48.5 Å². The van der Waals surface area contributed by atoms with E-state index < -0.39 is 0 Å². The van der Waals surface area contributed by atoms with Crippen molar-refractivity contribution < 1.29 is 0 Å². The van der Waals surface area contributed by atoms with Crippen LogP contribution in [0.5, 0.6) is 0 Å². The van der Waals surface area contributed by atoms with E-state index in [2.05, 4.69) is 135 Å². The first-order valence-electron chi connectivity index (χ1n) is 22.7. The van der Waals surface area contributed by atoms with Crippen LogP contribution in [0.1, 0.15) is 151 Å². The molecule has 0 aliphatic carbocycles. The second-order valence-electron chi connectivity index (χ2n) is 16.5. The van der Waals surface area contributed by atoms with Crippen molar-refractivity contribution in [2.45, 2.75) is 157 Å². The summed E-state index contributed by atoms with van der Waals surface area (Å²) in [7, 11) is 0. The van der Waals surface area contributed by atoms with Gasteiger partial charge < -0.3 is 0 Å². The van der Waals surface area contributed by atoms with E-state index in [1.807, 2.05) is 22.7 Å². The molecular weight excluding hydrogens is 817 g/mol. The van der Waals surface area contributed by atoms with E-state index in [1.54, 1.807) is 50.8 Å². The van der Waals surface area contributed by atoms with Crippen molar-refractivity contribution in [2.24, 2.45) is 0 Å². The predicted molar refractivity (Wildman–Crippen MR) is 272 cm³/mol. The number of aryl methyl sites for hydroxylation is 6. The van der Waals surface area contributed by atoms with Crippen molar-refractivity contribution in [2.75, 3.05) is 0 Å². The summed E-state index contributed by atoms with van der Waals surface area (Å²) in [4.78, 5) is 11.7. The van der Waals surface area contributed by atoms with Gasteiger partial charge >= 0.3 is 0 Å². The van der Waals surface area contributed by atoms with Gasteiger partial charge in [0.15, 0.2) is 0 Å². The summed E-state index contributed by atoms with van der Waals surface area (Å²) in [5.41, 5.74) is 6.66. The quantitative estimate of drug-likeness (QED) is 0.0675. The first-order valence-corrected chi connectivity index (χ1v) is 27.6. The van der Waals surface area contributed by atoms with Gasteiger partial charge in [0, 0.05) is 79.4 Å². The minimum atomic E-state index is 1.20. The Labute approximate surface area is 372 Å².